The second-order valence-corrected chi connectivity index (χ2v) is 5.41. The van der Waals surface area contributed by atoms with Gasteiger partial charge in [0.25, 0.3) is 0 Å². The Morgan fingerprint density at radius 1 is 1.25 bits per heavy atom. The molecule has 0 aliphatic heterocycles. The predicted molar refractivity (Wildman–Crippen MR) is 82.5 cm³/mol. The minimum atomic E-state index is 0.139. The Balaban J connectivity index is 2.13. The van der Waals surface area contributed by atoms with E-state index in [1.54, 1.807) is 18.5 Å². The van der Waals surface area contributed by atoms with Gasteiger partial charge in [0.1, 0.15) is 12.4 Å². The number of aromatic nitrogens is 2. The van der Waals surface area contributed by atoms with E-state index >= 15 is 0 Å². The first-order valence-electron chi connectivity index (χ1n) is 6.62. The van der Waals surface area contributed by atoms with Crippen molar-refractivity contribution in [3.05, 3.63) is 52.5 Å². The van der Waals surface area contributed by atoms with Crippen molar-refractivity contribution in [2.45, 2.75) is 32.4 Å². The molecule has 0 bridgehead atoms. The first-order valence-corrected chi connectivity index (χ1v) is 7.41. The molecular weight excluding hydrogens is 318 g/mol. The van der Waals surface area contributed by atoms with Crippen LogP contribution in [0.15, 0.2) is 41.1 Å². The Morgan fingerprint density at radius 3 is 2.70 bits per heavy atom. The van der Waals surface area contributed by atoms with E-state index in [1.807, 2.05) is 18.2 Å². The fraction of sp³-hybridized carbons (Fsp3) is 0.333. The molecule has 1 aromatic heterocycles. The highest BCUT2D eigenvalue weighted by molar-refractivity contribution is 9.10. The topological polar surface area (TPSA) is 61.0 Å². The van der Waals surface area contributed by atoms with E-state index in [0.717, 1.165) is 28.6 Å². The number of benzene rings is 1. The molecular formula is C15H18BrN3O. The number of hydrogen-bond donors (Lipinski definition) is 1. The van der Waals surface area contributed by atoms with Gasteiger partial charge in [-0.1, -0.05) is 19.1 Å². The highest BCUT2D eigenvalue weighted by atomic mass is 79.9. The summed E-state index contributed by atoms with van der Waals surface area (Å²) in [6.45, 7) is 2.43. The van der Waals surface area contributed by atoms with Crippen molar-refractivity contribution in [3.63, 3.8) is 0 Å². The van der Waals surface area contributed by atoms with Crippen LogP contribution in [0.4, 0.5) is 0 Å². The lowest BCUT2D eigenvalue weighted by Gasteiger charge is -2.15. The summed E-state index contributed by atoms with van der Waals surface area (Å²) in [6, 6.07) is 7.92. The molecule has 0 spiro atoms. The molecule has 0 amide bonds. The number of ether oxygens (including phenoxy) is 1. The molecule has 1 heterocycles. The summed E-state index contributed by atoms with van der Waals surface area (Å²) < 4.78 is 6.80. The molecule has 0 fully saturated rings. The van der Waals surface area contributed by atoms with E-state index in [2.05, 4.69) is 32.8 Å². The van der Waals surface area contributed by atoms with E-state index in [4.69, 9.17) is 10.5 Å². The third-order valence-corrected chi connectivity index (χ3v) is 3.64. The molecule has 1 aromatic carbocycles. The molecule has 5 heteroatoms. The van der Waals surface area contributed by atoms with Gasteiger partial charge in [-0.05, 0) is 46.5 Å². The van der Waals surface area contributed by atoms with Crippen molar-refractivity contribution in [2.75, 3.05) is 0 Å². The number of halogens is 1. The van der Waals surface area contributed by atoms with Crippen LogP contribution in [0.2, 0.25) is 0 Å². The van der Waals surface area contributed by atoms with Crippen LogP contribution in [0.3, 0.4) is 0 Å². The smallest absolute Gasteiger partial charge is 0.166 e. The van der Waals surface area contributed by atoms with Crippen LogP contribution in [0.1, 0.15) is 24.7 Å². The minimum absolute atomic E-state index is 0.139. The molecule has 0 radical (unpaired) electrons. The predicted octanol–water partition coefficient (Wildman–Crippen LogP) is 3.10. The summed E-state index contributed by atoms with van der Waals surface area (Å²) in [5, 5.41) is 0. The van der Waals surface area contributed by atoms with Crippen LogP contribution in [-0.2, 0) is 13.0 Å². The molecule has 20 heavy (non-hydrogen) atoms. The third-order valence-electron chi connectivity index (χ3n) is 3.02. The van der Waals surface area contributed by atoms with E-state index in [1.165, 1.54) is 0 Å². The number of para-hydroxylation sites is 1. The van der Waals surface area contributed by atoms with Crippen LogP contribution in [-0.4, -0.2) is 16.0 Å². The molecule has 2 rings (SSSR count). The SMILES string of the molecule is CCC(N)Cc1cccc(Br)c1OCc1ncccn1. The molecule has 0 aliphatic rings. The largest absolute Gasteiger partial charge is 0.484 e. The van der Waals surface area contributed by atoms with Gasteiger partial charge < -0.3 is 10.5 Å². The molecule has 0 saturated heterocycles. The van der Waals surface area contributed by atoms with Crippen LogP contribution < -0.4 is 10.5 Å². The van der Waals surface area contributed by atoms with Gasteiger partial charge in [-0.25, -0.2) is 9.97 Å². The molecule has 106 valence electrons. The lowest BCUT2D eigenvalue weighted by Crippen LogP contribution is -2.21. The number of hydrogen-bond acceptors (Lipinski definition) is 4. The second kappa shape index (κ2) is 7.36. The van der Waals surface area contributed by atoms with E-state index < -0.39 is 0 Å². The minimum Gasteiger partial charge on any atom is -0.484 e. The van der Waals surface area contributed by atoms with Gasteiger partial charge >= 0.3 is 0 Å². The molecule has 1 atom stereocenters. The van der Waals surface area contributed by atoms with Gasteiger partial charge in [0.15, 0.2) is 5.82 Å². The standard InChI is InChI=1S/C15H18BrN3O/c1-2-12(17)9-11-5-3-6-13(16)15(11)20-10-14-18-7-4-8-19-14/h3-8,12H,2,9-10,17H2,1H3. The average molecular weight is 336 g/mol. The zero-order valence-electron chi connectivity index (χ0n) is 11.4. The molecule has 0 saturated carbocycles. The third kappa shape index (κ3) is 4.02. The highest BCUT2D eigenvalue weighted by Gasteiger charge is 2.11. The van der Waals surface area contributed by atoms with Gasteiger partial charge in [0.2, 0.25) is 0 Å². The lowest BCUT2D eigenvalue weighted by atomic mass is 10.0. The number of nitrogens with two attached hydrogens (primary N) is 1. The van der Waals surface area contributed by atoms with Crippen molar-refractivity contribution < 1.29 is 4.74 Å². The Kier molecular flexibility index (Phi) is 5.49. The highest BCUT2D eigenvalue weighted by Crippen LogP contribution is 2.30. The molecule has 1 unspecified atom stereocenters. The number of rotatable bonds is 6. The van der Waals surface area contributed by atoms with Gasteiger partial charge in [-0.3, -0.25) is 0 Å². The number of nitrogens with zero attached hydrogens (tertiary/aromatic N) is 2. The van der Waals surface area contributed by atoms with Crippen molar-refractivity contribution in [3.8, 4) is 5.75 Å². The van der Waals surface area contributed by atoms with E-state index in [-0.39, 0.29) is 6.04 Å². The van der Waals surface area contributed by atoms with Crippen molar-refractivity contribution in [1.29, 1.82) is 0 Å². The zero-order valence-corrected chi connectivity index (χ0v) is 13.0. The van der Waals surface area contributed by atoms with E-state index in [0.29, 0.717) is 12.4 Å². The molecule has 4 nitrogen and oxygen atoms in total. The van der Waals surface area contributed by atoms with Crippen molar-refractivity contribution in [2.24, 2.45) is 5.73 Å². The second-order valence-electron chi connectivity index (χ2n) is 4.55. The quantitative estimate of drug-likeness (QED) is 0.881. The van der Waals surface area contributed by atoms with Gasteiger partial charge in [0, 0.05) is 18.4 Å². The monoisotopic (exact) mass is 335 g/mol. The van der Waals surface area contributed by atoms with Gasteiger partial charge in [-0.2, -0.15) is 0 Å². The van der Waals surface area contributed by atoms with Crippen molar-refractivity contribution in [1.82, 2.24) is 9.97 Å². The normalized spacial score (nSPS) is 12.2. The van der Waals surface area contributed by atoms with Crippen LogP contribution >= 0.6 is 15.9 Å². The van der Waals surface area contributed by atoms with E-state index in [9.17, 15) is 0 Å². The summed E-state index contributed by atoms with van der Waals surface area (Å²) in [6.07, 6.45) is 5.15. The fourth-order valence-electron chi connectivity index (χ4n) is 1.84. The molecule has 0 aliphatic carbocycles. The van der Waals surface area contributed by atoms with Crippen molar-refractivity contribution >= 4 is 15.9 Å². The van der Waals surface area contributed by atoms with Crippen LogP contribution in [0.25, 0.3) is 0 Å². The summed E-state index contributed by atoms with van der Waals surface area (Å²) in [4.78, 5) is 8.31. The Morgan fingerprint density at radius 2 is 2.00 bits per heavy atom. The molecule has 2 N–H and O–H groups in total. The van der Waals surface area contributed by atoms with Gasteiger partial charge in [0.05, 0.1) is 4.47 Å². The zero-order chi connectivity index (χ0) is 14.4. The van der Waals surface area contributed by atoms with Crippen LogP contribution in [0, 0.1) is 0 Å². The lowest BCUT2D eigenvalue weighted by molar-refractivity contribution is 0.290. The Bertz CT molecular complexity index is 548. The Labute approximate surface area is 127 Å². The first-order chi connectivity index (χ1) is 9.70. The molecule has 2 aromatic rings. The summed E-state index contributed by atoms with van der Waals surface area (Å²) in [7, 11) is 0. The maximum atomic E-state index is 6.04. The average Bonchev–Trinajstić information content (AvgIpc) is 2.47. The fourth-order valence-corrected chi connectivity index (χ4v) is 2.37. The Hall–Kier alpha value is -1.46. The summed E-state index contributed by atoms with van der Waals surface area (Å²) in [5.74, 6) is 1.48. The summed E-state index contributed by atoms with van der Waals surface area (Å²) >= 11 is 3.53. The van der Waals surface area contributed by atoms with Crippen LogP contribution in [0.5, 0.6) is 5.75 Å². The van der Waals surface area contributed by atoms with Gasteiger partial charge in [-0.15, -0.1) is 0 Å². The maximum Gasteiger partial charge on any atom is 0.166 e. The first kappa shape index (κ1) is 14.9. The maximum absolute atomic E-state index is 6.04. The summed E-state index contributed by atoms with van der Waals surface area (Å²) in [5.41, 5.74) is 7.14.